The summed E-state index contributed by atoms with van der Waals surface area (Å²) in [5, 5.41) is 7.83. The van der Waals surface area contributed by atoms with E-state index in [9.17, 15) is 0 Å². The Kier molecular flexibility index (Phi) is 5.91. The van der Waals surface area contributed by atoms with Crippen LogP contribution in [0.3, 0.4) is 0 Å². The zero-order chi connectivity index (χ0) is 16.8. The molecule has 2 aromatic rings. The zero-order valence-corrected chi connectivity index (χ0v) is 15.0. The van der Waals surface area contributed by atoms with Gasteiger partial charge in [0.1, 0.15) is 5.75 Å². The van der Waals surface area contributed by atoms with Crippen molar-refractivity contribution < 1.29 is 4.74 Å². The molecule has 3 rings (SSSR count). The summed E-state index contributed by atoms with van der Waals surface area (Å²) in [4.78, 5) is 2.52. The first-order chi connectivity index (χ1) is 11.8. The van der Waals surface area contributed by atoms with Crippen LogP contribution in [0.25, 0.3) is 11.3 Å². The molecule has 1 aromatic carbocycles. The molecule has 1 aliphatic rings. The van der Waals surface area contributed by atoms with Crippen molar-refractivity contribution in [2.45, 2.75) is 52.5 Å². The number of aromatic nitrogens is 2. The SMILES string of the molecule is CCCCCOc1ccc(-c2n[nH]c3c2CN(CCC)CC3)cc1. The molecule has 1 aliphatic heterocycles. The maximum Gasteiger partial charge on any atom is 0.119 e. The van der Waals surface area contributed by atoms with Crippen LogP contribution in [0.5, 0.6) is 5.75 Å². The Morgan fingerprint density at radius 2 is 1.96 bits per heavy atom. The summed E-state index contributed by atoms with van der Waals surface area (Å²) < 4.78 is 5.81. The molecule has 0 saturated carbocycles. The van der Waals surface area contributed by atoms with Crippen molar-refractivity contribution in [3.8, 4) is 17.0 Å². The van der Waals surface area contributed by atoms with Crippen LogP contribution in [0.4, 0.5) is 0 Å². The fourth-order valence-corrected chi connectivity index (χ4v) is 3.35. The first-order valence-electron chi connectivity index (χ1n) is 9.33. The van der Waals surface area contributed by atoms with Crippen molar-refractivity contribution in [2.75, 3.05) is 19.7 Å². The van der Waals surface area contributed by atoms with Crippen LogP contribution in [0.1, 0.15) is 50.8 Å². The van der Waals surface area contributed by atoms with Crippen molar-refractivity contribution in [1.29, 1.82) is 0 Å². The number of hydrogen-bond donors (Lipinski definition) is 1. The van der Waals surface area contributed by atoms with Crippen molar-refractivity contribution in [3.05, 3.63) is 35.5 Å². The fraction of sp³-hybridized carbons (Fsp3) is 0.550. The quantitative estimate of drug-likeness (QED) is 0.730. The number of aromatic amines is 1. The number of unbranched alkanes of at least 4 members (excludes halogenated alkanes) is 2. The Labute approximate surface area is 145 Å². The third kappa shape index (κ3) is 3.99. The number of H-pyrrole nitrogens is 1. The highest BCUT2D eigenvalue weighted by Gasteiger charge is 2.22. The van der Waals surface area contributed by atoms with Crippen LogP contribution < -0.4 is 4.74 Å². The van der Waals surface area contributed by atoms with Crippen molar-refractivity contribution in [3.63, 3.8) is 0 Å². The molecule has 0 atom stereocenters. The molecule has 0 amide bonds. The van der Waals surface area contributed by atoms with Gasteiger partial charge in [-0.2, -0.15) is 5.10 Å². The van der Waals surface area contributed by atoms with E-state index in [1.165, 1.54) is 36.1 Å². The van der Waals surface area contributed by atoms with Crippen molar-refractivity contribution >= 4 is 0 Å². The molecule has 0 fully saturated rings. The minimum atomic E-state index is 0.803. The minimum absolute atomic E-state index is 0.803. The molecule has 1 N–H and O–H groups in total. The fourth-order valence-electron chi connectivity index (χ4n) is 3.35. The maximum atomic E-state index is 5.81. The molecule has 0 unspecified atom stereocenters. The highest BCUT2D eigenvalue weighted by Crippen LogP contribution is 2.29. The van der Waals surface area contributed by atoms with E-state index in [1.54, 1.807) is 0 Å². The van der Waals surface area contributed by atoms with Crippen molar-refractivity contribution in [2.24, 2.45) is 0 Å². The standard InChI is InChI=1S/C20H29N3O/c1-3-5-6-14-24-17-9-7-16(8-10-17)20-18-15-23(12-4-2)13-11-19(18)21-22-20/h7-10H,3-6,11-15H2,1-2H3,(H,21,22). The topological polar surface area (TPSA) is 41.1 Å². The molecule has 1 aromatic heterocycles. The summed E-state index contributed by atoms with van der Waals surface area (Å²) in [6, 6.07) is 8.39. The van der Waals surface area contributed by atoms with E-state index < -0.39 is 0 Å². The summed E-state index contributed by atoms with van der Waals surface area (Å²) in [6.45, 7) is 8.55. The number of fused-ring (bicyclic) bond motifs is 1. The third-order valence-electron chi connectivity index (χ3n) is 4.70. The number of ether oxygens (including phenoxy) is 1. The van der Waals surface area contributed by atoms with Crippen LogP contribution in [0.2, 0.25) is 0 Å². The first-order valence-corrected chi connectivity index (χ1v) is 9.33. The van der Waals surface area contributed by atoms with Gasteiger partial charge in [-0.25, -0.2) is 0 Å². The Morgan fingerprint density at radius 3 is 2.71 bits per heavy atom. The van der Waals surface area contributed by atoms with Gasteiger partial charge in [0, 0.05) is 36.3 Å². The second-order valence-corrected chi connectivity index (χ2v) is 6.64. The highest BCUT2D eigenvalue weighted by atomic mass is 16.5. The second kappa shape index (κ2) is 8.34. The summed E-state index contributed by atoms with van der Waals surface area (Å²) >= 11 is 0. The number of hydrogen-bond acceptors (Lipinski definition) is 3. The molecular formula is C20H29N3O. The number of benzene rings is 1. The smallest absolute Gasteiger partial charge is 0.119 e. The molecule has 24 heavy (non-hydrogen) atoms. The van der Waals surface area contributed by atoms with Gasteiger partial charge in [-0.05, 0) is 43.7 Å². The molecule has 0 radical (unpaired) electrons. The van der Waals surface area contributed by atoms with E-state index in [1.807, 2.05) is 0 Å². The second-order valence-electron chi connectivity index (χ2n) is 6.64. The molecule has 0 spiro atoms. The molecule has 0 saturated heterocycles. The Balaban J connectivity index is 1.68. The number of nitrogens with zero attached hydrogens (tertiary/aromatic N) is 2. The van der Waals surface area contributed by atoms with Crippen LogP contribution in [-0.2, 0) is 13.0 Å². The van der Waals surface area contributed by atoms with E-state index in [-0.39, 0.29) is 0 Å². The first kappa shape index (κ1) is 17.0. The molecule has 2 heterocycles. The van der Waals surface area contributed by atoms with E-state index in [4.69, 9.17) is 4.74 Å². The molecule has 4 nitrogen and oxygen atoms in total. The summed E-state index contributed by atoms with van der Waals surface area (Å²) in [5.74, 6) is 0.951. The molecule has 130 valence electrons. The predicted molar refractivity (Wildman–Crippen MR) is 98.3 cm³/mol. The lowest BCUT2D eigenvalue weighted by Gasteiger charge is -2.26. The molecule has 0 bridgehead atoms. The van der Waals surface area contributed by atoms with Crippen LogP contribution in [0.15, 0.2) is 24.3 Å². The van der Waals surface area contributed by atoms with E-state index in [2.05, 4.69) is 53.2 Å². The minimum Gasteiger partial charge on any atom is -0.494 e. The summed E-state index contributed by atoms with van der Waals surface area (Å²) in [6.07, 6.45) is 5.85. The van der Waals surface area contributed by atoms with Crippen LogP contribution >= 0.6 is 0 Å². The van der Waals surface area contributed by atoms with Gasteiger partial charge in [0.2, 0.25) is 0 Å². The van der Waals surface area contributed by atoms with E-state index >= 15 is 0 Å². The van der Waals surface area contributed by atoms with E-state index in [0.29, 0.717) is 0 Å². The lowest BCUT2D eigenvalue weighted by atomic mass is 10.0. The third-order valence-corrected chi connectivity index (χ3v) is 4.70. The number of nitrogens with one attached hydrogen (secondary N) is 1. The van der Waals surface area contributed by atoms with Gasteiger partial charge in [-0.3, -0.25) is 10.00 Å². The predicted octanol–water partition coefficient (Wildman–Crippen LogP) is 4.41. The monoisotopic (exact) mass is 327 g/mol. The Bertz CT molecular complexity index is 633. The van der Waals surface area contributed by atoms with Gasteiger partial charge in [-0.15, -0.1) is 0 Å². The average molecular weight is 327 g/mol. The largest absolute Gasteiger partial charge is 0.494 e. The lowest BCUT2D eigenvalue weighted by molar-refractivity contribution is 0.254. The van der Waals surface area contributed by atoms with E-state index in [0.717, 1.165) is 50.5 Å². The average Bonchev–Trinajstić information content (AvgIpc) is 3.03. The maximum absolute atomic E-state index is 5.81. The van der Waals surface area contributed by atoms with Gasteiger partial charge >= 0.3 is 0 Å². The molecular weight excluding hydrogens is 298 g/mol. The Hall–Kier alpha value is -1.81. The van der Waals surface area contributed by atoms with Crippen LogP contribution in [0, 0.1) is 0 Å². The molecule has 4 heteroatoms. The van der Waals surface area contributed by atoms with Gasteiger partial charge in [0.15, 0.2) is 0 Å². The summed E-state index contributed by atoms with van der Waals surface area (Å²) in [5.41, 5.74) is 4.94. The zero-order valence-electron chi connectivity index (χ0n) is 15.0. The van der Waals surface area contributed by atoms with Gasteiger partial charge in [-0.1, -0.05) is 26.7 Å². The van der Waals surface area contributed by atoms with Crippen LogP contribution in [-0.4, -0.2) is 34.8 Å². The number of rotatable bonds is 8. The highest BCUT2D eigenvalue weighted by molar-refractivity contribution is 5.65. The van der Waals surface area contributed by atoms with Gasteiger partial charge in [0.25, 0.3) is 0 Å². The molecule has 0 aliphatic carbocycles. The normalized spacial score (nSPS) is 14.6. The Morgan fingerprint density at radius 1 is 1.12 bits per heavy atom. The van der Waals surface area contributed by atoms with Gasteiger partial charge in [0.05, 0.1) is 12.3 Å². The summed E-state index contributed by atoms with van der Waals surface area (Å²) in [7, 11) is 0. The van der Waals surface area contributed by atoms with Gasteiger partial charge < -0.3 is 4.74 Å². The lowest BCUT2D eigenvalue weighted by Crippen LogP contribution is -2.31. The van der Waals surface area contributed by atoms with Crippen molar-refractivity contribution in [1.82, 2.24) is 15.1 Å².